The van der Waals surface area contributed by atoms with Crippen LogP contribution in [0, 0.1) is 0 Å². The monoisotopic (exact) mass is 394 g/mol. The SMILES string of the molecule is O=C(Nc1ccc2c(c1)CN(S(=O)(=O)c1cccnc1)CC2)c1ccccn1. The number of carbonyl (C=O) groups is 1. The number of nitrogens with one attached hydrogen (secondary N) is 1. The van der Waals surface area contributed by atoms with Gasteiger partial charge in [-0.25, -0.2) is 8.42 Å². The second kappa shape index (κ2) is 7.49. The van der Waals surface area contributed by atoms with E-state index in [1.165, 1.54) is 10.5 Å². The number of nitrogens with zero attached hydrogens (tertiary/aromatic N) is 3. The van der Waals surface area contributed by atoms with Crippen LogP contribution in [-0.2, 0) is 23.0 Å². The highest BCUT2D eigenvalue weighted by atomic mass is 32.2. The summed E-state index contributed by atoms with van der Waals surface area (Å²) in [5, 5.41) is 2.81. The van der Waals surface area contributed by atoms with Crippen molar-refractivity contribution >= 4 is 21.6 Å². The third-order valence-electron chi connectivity index (χ3n) is 4.61. The maximum Gasteiger partial charge on any atom is 0.274 e. The van der Waals surface area contributed by atoms with Crippen LogP contribution in [0.3, 0.4) is 0 Å². The third kappa shape index (κ3) is 3.64. The lowest BCUT2D eigenvalue weighted by molar-refractivity contribution is 0.102. The van der Waals surface area contributed by atoms with E-state index in [1.54, 1.807) is 42.7 Å². The number of sulfonamides is 1. The van der Waals surface area contributed by atoms with Crippen molar-refractivity contribution in [3.63, 3.8) is 0 Å². The van der Waals surface area contributed by atoms with Gasteiger partial charge < -0.3 is 5.32 Å². The molecule has 142 valence electrons. The number of hydrogen-bond donors (Lipinski definition) is 1. The normalized spacial score (nSPS) is 14.3. The molecular weight excluding hydrogens is 376 g/mol. The van der Waals surface area contributed by atoms with E-state index in [0.717, 1.165) is 11.1 Å². The van der Waals surface area contributed by atoms with Crippen molar-refractivity contribution in [1.82, 2.24) is 14.3 Å². The van der Waals surface area contributed by atoms with E-state index in [0.29, 0.717) is 24.3 Å². The molecule has 0 saturated carbocycles. The number of hydrogen-bond acceptors (Lipinski definition) is 5. The average molecular weight is 394 g/mol. The summed E-state index contributed by atoms with van der Waals surface area (Å²) < 4.78 is 27.1. The summed E-state index contributed by atoms with van der Waals surface area (Å²) in [6.45, 7) is 0.656. The largest absolute Gasteiger partial charge is 0.321 e. The van der Waals surface area contributed by atoms with Gasteiger partial charge in [0.25, 0.3) is 5.91 Å². The van der Waals surface area contributed by atoms with E-state index in [-0.39, 0.29) is 17.3 Å². The van der Waals surface area contributed by atoms with Gasteiger partial charge in [0, 0.05) is 37.4 Å². The molecule has 1 aliphatic heterocycles. The van der Waals surface area contributed by atoms with Crippen LogP contribution in [0.2, 0.25) is 0 Å². The summed E-state index contributed by atoms with van der Waals surface area (Å²) in [6, 6.07) is 13.8. The zero-order valence-electron chi connectivity index (χ0n) is 14.9. The van der Waals surface area contributed by atoms with Crippen LogP contribution in [-0.4, -0.2) is 35.1 Å². The van der Waals surface area contributed by atoms with Gasteiger partial charge in [-0.05, 0) is 53.9 Å². The number of benzene rings is 1. The minimum atomic E-state index is -3.61. The molecule has 28 heavy (non-hydrogen) atoms. The van der Waals surface area contributed by atoms with E-state index < -0.39 is 10.0 Å². The molecule has 7 nitrogen and oxygen atoms in total. The van der Waals surface area contributed by atoms with E-state index in [9.17, 15) is 13.2 Å². The molecule has 2 aromatic heterocycles. The van der Waals surface area contributed by atoms with Gasteiger partial charge in [-0.1, -0.05) is 12.1 Å². The topological polar surface area (TPSA) is 92.3 Å². The molecule has 3 heterocycles. The molecule has 0 unspecified atom stereocenters. The Balaban J connectivity index is 1.55. The van der Waals surface area contributed by atoms with Gasteiger partial charge in [-0.15, -0.1) is 0 Å². The summed E-state index contributed by atoms with van der Waals surface area (Å²) >= 11 is 0. The lowest BCUT2D eigenvalue weighted by Gasteiger charge is -2.28. The van der Waals surface area contributed by atoms with Crippen LogP contribution in [0.1, 0.15) is 21.6 Å². The molecule has 8 heteroatoms. The van der Waals surface area contributed by atoms with Gasteiger partial charge in [-0.3, -0.25) is 14.8 Å². The number of anilines is 1. The Morgan fingerprint density at radius 2 is 1.93 bits per heavy atom. The molecule has 0 bridgehead atoms. The smallest absolute Gasteiger partial charge is 0.274 e. The van der Waals surface area contributed by atoms with Gasteiger partial charge in [0.1, 0.15) is 10.6 Å². The third-order valence-corrected chi connectivity index (χ3v) is 6.44. The van der Waals surface area contributed by atoms with Crippen LogP contribution in [0.15, 0.2) is 72.0 Å². The summed E-state index contributed by atoms with van der Waals surface area (Å²) in [5.74, 6) is -0.309. The predicted molar refractivity (Wildman–Crippen MR) is 104 cm³/mol. The van der Waals surface area contributed by atoms with Gasteiger partial charge in [-0.2, -0.15) is 4.31 Å². The van der Waals surface area contributed by atoms with Crippen LogP contribution < -0.4 is 5.32 Å². The maximum atomic E-state index is 12.9. The Kier molecular flexibility index (Phi) is 4.89. The Morgan fingerprint density at radius 3 is 2.68 bits per heavy atom. The van der Waals surface area contributed by atoms with E-state index in [4.69, 9.17) is 0 Å². The first-order valence-corrected chi connectivity index (χ1v) is 10.2. The number of fused-ring (bicyclic) bond motifs is 1. The molecule has 1 aliphatic rings. The minimum absolute atomic E-state index is 0.179. The first kappa shape index (κ1) is 18.3. The fourth-order valence-corrected chi connectivity index (χ4v) is 4.54. The van der Waals surface area contributed by atoms with Crippen LogP contribution in [0.25, 0.3) is 0 Å². The number of rotatable bonds is 4. The first-order valence-electron chi connectivity index (χ1n) is 8.78. The molecule has 1 N–H and O–H groups in total. The van der Waals surface area contributed by atoms with Crippen molar-refractivity contribution < 1.29 is 13.2 Å². The average Bonchev–Trinajstić information content (AvgIpc) is 2.74. The molecular formula is C20H18N4O3S. The Hall–Kier alpha value is -3.10. The minimum Gasteiger partial charge on any atom is -0.321 e. The zero-order chi connectivity index (χ0) is 19.6. The van der Waals surface area contributed by atoms with Gasteiger partial charge >= 0.3 is 0 Å². The Morgan fingerprint density at radius 1 is 1.04 bits per heavy atom. The Bertz CT molecular complexity index is 1100. The van der Waals surface area contributed by atoms with E-state index >= 15 is 0 Å². The van der Waals surface area contributed by atoms with Gasteiger partial charge in [0.2, 0.25) is 10.0 Å². The summed E-state index contributed by atoms with van der Waals surface area (Å²) in [6.07, 6.45) is 5.07. The molecule has 0 saturated heterocycles. The van der Waals surface area contributed by atoms with Crippen molar-refractivity contribution in [2.24, 2.45) is 0 Å². The summed E-state index contributed by atoms with van der Waals surface area (Å²) in [5.41, 5.74) is 2.88. The van der Waals surface area contributed by atoms with Crippen molar-refractivity contribution in [3.05, 3.63) is 83.9 Å². The molecule has 0 radical (unpaired) electrons. The van der Waals surface area contributed by atoms with Gasteiger partial charge in [0.05, 0.1) is 0 Å². The Labute approximate surface area is 163 Å². The van der Waals surface area contributed by atoms with Crippen LogP contribution in [0.5, 0.6) is 0 Å². The molecule has 0 atom stereocenters. The molecule has 3 aromatic rings. The molecule has 0 aliphatic carbocycles. The summed E-state index contributed by atoms with van der Waals surface area (Å²) in [4.78, 5) is 20.4. The van der Waals surface area contributed by atoms with Crippen molar-refractivity contribution in [3.8, 4) is 0 Å². The predicted octanol–water partition coefficient (Wildman–Crippen LogP) is 2.48. The second-order valence-corrected chi connectivity index (χ2v) is 8.37. The highest BCUT2D eigenvalue weighted by molar-refractivity contribution is 7.89. The van der Waals surface area contributed by atoms with Gasteiger partial charge in [0.15, 0.2) is 0 Å². The number of amides is 1. The van der Waals surface area contributed by atoms with Crippen molar-refractivity contribution in [1.29, 1.82) is 0 Å². The molecule has 0 fully saturated rings. The van der Waals surface area contributed by atoms with Crippen molar-refractivity contribution in [2.45, 2.75) is 17.9 Å². The molecule has 1 aromatic carbocycles. The van der Waals surface area contributed by atoms with E-state index in [2.05, 4.69) is 15.3 Å². The zero-order valence-corrected chi connectivity index (χ0v) is 15.8. The lowest BCUT2D eigenvalue weighted by Crippen LogP contribution is -2.36. The first-order chi connectivity index (χ1) is 13.5. The van der Waals surface area contributed by atoms with E-state index in [1.807, 2.05) is 18.2 Å². The standard InChI is InChI=1S/C20H18N4O3S/c25-20(19-5-1-2-10-22-19)23-17-7-6-15-8-11-24(14-16(15)12-17)28(26,27)18-4-3-9-21-13-18/h1-7,9-10,12-13H,8,11,14H2,(H,23,25). The van der Waals surface area contributed by atoms with Crippen LogP contribution >= 0.6 is 0 Å². The molecule has 4 rings (SSSR count). The quantitative estimate of drug-likeness (QED) is 0.734. The number of aromatic nitrogens is 2. The van der Waals surface area contributed by atoms with Crippen molar-refractivity contribution in [2.75, 3.05) is 11.9 Å². The van der Waals surface area contributed by atoms with Crippen LogP contribution in [0.4, 0.5) is 5.69 Å². The highest BCUT2D eigenvalue weighted by Crippen LogP contribution is 2.27. The molecule has 1 amide bonds. The number of carbonyl (C=O) groups excluding carboxylic acids is 1. The molecule has 0 spiro atoms. The maximum absolute atomic E-state index is 12.9. The number of pyridine rings is 2. The second-order valence-electron chi connectivity index (χ2n) is 6.43. The fourth-order valence-electron chi connectivity index (χ4n) is 3.16. The fraction of sp³-hybridized carbons (Fsp3) is 0.150. The highest BCUT2D eigenvalue weighted by Gasteiger charge is 2.28. The lowest BCUT2D eigenvalue weighted by atomic mass is 10.0. The summed E-state index contributed by atoms with van der Waals surface area (Å²) in [7, 11) is -3.61.